The lowest BCUT2D eigenvalue weighted by molar-refractivity contribution is -0.123. The summed E-state index contributed by atoms with van der Waals surface area (Å²) in [4.78, 5) is 11.4. The highest BCUT2D eigenvalue weighted by molar-refractivity contribution is 5.81. The second kappa shape index (κ2) is 8.72. The Kier molecular flexibility index (Phi) is 8.38. The van der Waals surface area contributed by atoms with Gasteiger partial charge in [0.1, 0.15) is 0 Å². The van der Waals surface area contributed by atoms with Crippen LogP contribution in [0.5, 0.6) is 0 Å². The normalized spacial score (nSPS) is 14.7. The number of amides is 1. The molecule has 1 amide bonds. The third-order valence-electron chi connectivity index (χ3n) is 2.66. The van der Waals surface area contributed by atoms with Gasteiger partial charge in [-0.1, -0.05) is 39.5 Å². The summed E-state index contributed by atoms with van der Waals surface area (Å²) in [6.07, 6.45) is 6.75. The molecule has 2 unspecified atom stereocenters. The molecule has 0 saturated carbocycles. The molecular weight excluding hydrogens is 188 g/mol. The summed E-state index contributed by atoms with van der Waals surface area (Å²) in [6, 6.07) is -0.0879. The molecule has 2 atom stereocenters. The predicted octanol–water partition coefficient (Wildman–Crippen LogP) is 2.20. The van der Waals surface area contributed by atoms with E-state index in [1.54, 1.807) is 0 Å². The van der Waals surface area contributed by atoms with Gasteiger partial charge in [-0.2, -0.15) is 0 Å². The average Bonchev–Trinajstić information content (AvgIpc) is 2.23. The first kappa shape index (κ1) is 14.4. The summed E-state index contributed by atoms with van der Waals surface area (Å²) in [5.41, 5.74) is 5.63. The maximum Gasteiger partial charge on any atom is 0.237 e. The Morgan fingerprint density at radius 2 is 1.93 bits per heavy atom. The summed E-state index contributed by atoms with van der Waals surface area (Å²) in [6.45, 7) is 6.17. The minimum Gasteiger partial charge on any atom is -0.352 e. The van der Waals surface area contributed by atoms with E-state index in [9.17, 15) is 4.79 Å². The van der Waals surface area contributed by atoms with E-state index in [0.717, 1.165) is 6.42 Å². The minimum atomic E-state index is -0.344. The van der Waals surface area contributed by atoms with Crippen molar-refractivity contribution in [3.05, 3.63) is 0 Å². The fourth-order valence-electron chi connectivity index (χ4n) is 1.48. The molecule has 0 bridgehead atoms. The fraction of sp³-hybridized carbons (Fsp3) is 0.917. The number of unbranched alkanes of at least 4 members (excludes halogenated alkanes) is 3. The zero-order valence-electron chi connectivity index (χ0n) is 10.4. The van der Waals surface area contributed by atoms with Gasteiger partial charge in [-0.05, 0) is 19.8 Å². The van der Waals surface area contributed by atoms with Crippen molar-refractivity contribution in [3.63, 3.8) is 0 Å². The van der Waals surface area contributed by atoms with Gasteiger partial charge in [0.25, 0.3) is 0 Å². The van der Waals surface area contributed by atoms with Crippen LogP contribution in [0.2, 0.25) is 0 Å². The van der Waals surface area contributed by atoms with Gasteiger partial charge in [0, 0.05) is 6.04 Å². The Morgan fingerprint density at radius 3 is 2.47 bits per heavy atom. The summed E-state index contributed by atoms with van der Waals surface area (Å²) in [5.74, 6) is -0.0134. The fourth-order valence-corrected chi connectivity index (χ4v) is 1.48. The van der Waals surface area contributed by atoms with E-state index < -0.39 is 0 Å². The first-order valence-electron chi connectivity index (χ1n) is 6.17. The van der Waals surface area contributed by atoms with Crippen molar-refractivity contribution >= 4 is 5.91 Å². The largest absolute Gasteiger partial charge is 0.352 e. The molecule has 0 fully saturated rings. The van der Waals surface area contributed by atoms with Crippen molar-refractivity contribution in [2.75, 3.05) is 0 Å². The number of hydrogen-bond acceptors (Lipinski definition) is 2. The summed E-state index contributed by atoms with van der Waals surface area (Å²) >= 11 is 0. The molecule has 0 aliphatic rings. The van der Waals surface area contributed by atoms with Crippen molar-refractivity contribution in [1.82, 2.24) is 5.32 Å². The highest BCUT2D eigenvalue weighted by Crippen LogP contribution is 2.05. The Labute approximate surface area is 93.8 Å². The lowest BCUT2D eigenvalue weighted by atomic mass is 10.1. The van der Waals surface area contributed by atoms with Gasteiger partial charge >= 0.3 is 0 Å². The van der Waals surface area contributed by atoms with E-state index in [0.29, 0.717) is 6.42 Å². The van der Waals surface area contributed by atoms with E-state index in [4.69, 9.17) is 5.73 Å². The van der Waals surface area contributed by atoms with Crippen molar-refractivity contribution < 1.29 is 4.79 Å². The highest BCUT2D eigenvalue weighted by atomic mass is 16.2. The van der Waals surface area contributed by atoms with Gasteiger partial charge < -0.3 is 11.1 Å². The maximum absolute atomic E-state index is 11.4. The molecule has 90 valence electrons. The molecule has 0 spiro atoms. The SMILES string of the molecule is CCCCCCC(C)NC(=O)C(N)CC. The van der Waals surface area contributed by atoms with Crippen molar-refractivity contribution in [2.24, 2.45) is 5.73 Å². The number of nitrogens with two attached hydrogens (primary N) is 1. The Bertz CT molecular complexity index is 171. The van der Waals surface area contributed by atoms with E-state index in [1.165, 1.54) is 25.7 Å². The van der Waals surface area contributed by atoms with Crippen LogP contribution in [-0.2, 0) is 4.79 Å². The number of nitrogens with one attached hydrogen (secondary N) is 1. The minimum absolute atomic E-state index is 0.0134. The maximum atomic E-state index is 11.4. The number of carbonyl (C=O) groups is 1. The van der Waals surface area contributed by atoms with Crippen molar-refractivity contribution in [1.29, 1.82) is 0 Å². The third-order valence-corrected chi connectivity index (χ3v) is 2.66. The van der Waals surface area contributed by atoms with Crippen LogP contribution in [0.4, 0.5) is 0 Å². The summed E-state index contributed by atoms with van der Waals surface area (Å²) < 4.78 is 0. The quantitative estimate of drug-likeness (QED) is 0.609. The predicted molar refractivity (Wildman–Crippen MR) is 64.6 cm³/mol. The molecule has 0 saturated heterocycles. The topological polar surface area (TPSA) is 55.1 Å². The van der Waals surface area contributed by atoms with E-state index in [1.807, 2.05) is 13.8 Å². The van der Waals surface area contributed by atoms with Crippen LogP contribution >= 0.6 is 0 Å². The first-order chi connectivity index (χ1) is 7.11. The second-order valence-corrected chi connectivity index (χ2v) is 4.27. The third kappa shape index (κ3) is 7.37. The molecule has 0 radical (unpaired) electrons. The lowest BCUT2D eigenvalue weighted by Crippen LogP contribution is -2.44. The Balaban J connectivity index is 3.55. The molecule has 0 aromatic heterocycles. The van der Waals surface area contributed by atoms with E-state index >= 15 is 0 Å². The highest BCUT2D eigenvalue weighted by Gasteiger charge is 2.12. The molecule has 0 aromatic carbocycles. The van der Waals surface area contributed by atoms with Gasteiger partial charge in [0.2, 0.25) is 5.91 Å². The van der Waals surface area contributed by atoms with Crippen molar-refractivity contribution in [2.45, 2.75) is 71.4 Å². The molecule has 0 aliphatic heterocycles. The molecular formula is C12H26N2O. The van der Waals surface area contributed by atoms with Crippen molar-refractivity contribution in [3.8, 4) is 0 Å². The van der Waals surface area contributed by atoms with Crippen LogP contribution < -0.4 is 11.1 Å². The lowest BCUT2D eigenvalue weighted by Gasteiger charge is -2.16. The molecule has 0 rings (SSSR count). The van der Waals surface area contributed by atoms with Gasteiger partial charge in [-0.25, -0.2) is 0 Å². The summed E-state index contributed by atoms with van der Waals surface area (Å²) in [5, 5.41) is 2.94. The molecule has 3 N–H and O–H groups in total. The van der Waals surface area contributed by atoms with E-state index in [2.05, 4.69) is 12.2 Å². The molecule has 0 heterocycles. The van der Waals surface area contributed by atoms with Crippen LogP contribution in [-0.4, -0.2) is 18.0 Å². The Morgan fingerprint density at radius 1 is 1.27 bits per heavy atom. The smallest absolute Gasteiger partial charge is 0.237 e. The zero-order chi connectivity index (χ0) is 11.7. The van der Waals surface area contributed by atoms with Crippen LogP contribution in [0.15, 0.2) is 0 Å². The average molecular weight is 214 g/mol. The monoisotopic (exact) mass is 214 g/mol. The van der Waals surface area contributed by atoms with E-state index in [-0.39, 0.29) is 18.0 Å². The molecule has 3 nitrogen and oxygen atoms in total. The van der Waals surface area contributed by atoms with Gasteiger partial charge in [-0.3, -0.25) is 4.79 Å². The molecule has 3 heteroatoms. The van der Waals surface area contributed by atoms with Crippen LogP contribution in [0, 0.1) is 0 Å². The number of carbonyl (C=O) groups excluding carboxylic acids is 1. The molecule has 0 aliphatic carbocycles. The van der Waals surface area contributed by atoms with Crippen LogP contribution in [0.3, 0.4) is 0 Å². The second-order valence-electron chi connectivity index (χ2n) is 4.27. The summed E-state index contributed by atoms with van der Waals surface area (Å²) in [7, 11) is 0. The standard InChI is InChI=1S/C12H26N2O/c1-4-6-7-8-9-10(3)14-12(15)11(13)5-2/h10-11H,4-9,13H2,1-3H3,(H,14,15). The molecule has 15 heavy (non-hydrogen) atoms. The van der Waals surface area contributed by atoms with Gasteiger partial charge in [0.05, 0.1) is 6.04 Å². The number of rotatable bonds is 8. The van der Waals surface area contributed by atoms with Crippen LogP contribution in [0.25, 0.3) is 0 Å². The van der Waals surface area contributed by atoms with Gasteiger partial charge in [0.15, 0.2) is 0 Å². The zero-order valence-corrected chi connectivity index (χ0v) is 10.4. The number of hydrogen-bond donors (Lipinski definition) is 2. The Hall–Kier alpha value is -0.570. The van der Waals surface area contributed by atoms with Crippen LogP contribution in [0.1, 0.15) is 59.3 Å². The first-order valence-corrected chi connectivity index (χ1v) is 6.17. The van der Waals surface area contributed by atoms with Gasteiger partial charge in [-0.15, -0.1) is 0 Å². The molecule has 0 aromatic rings.